The minimum atomic E-state index is 0.706. The molecule has 0 radical (unpaired) electrons. The lowest BCUT2D eigenvalue weighted by Gasteiger charge is -2.05. The molecule has 7 heteroatoms. The van der Waals surface area contributed by atoms with Crippen molar-refractivity contribution in [3.8, 4) is 5.75 Å². The second kappa shape index (κ2) is 10.1. The molecule has 3 rings (SSSR count). The summed E-state index contributed by atoms with van der Waals surface area (Å²) in [6, 6.07) is 15.6. The maximum absolute atomic E-state index is 6.20. The van der Waals surface area contributed by atoms with Crippen molar-refractivity contribution < 1.29 is 4.74 Å². The molecular weight excluding hydrogens is 380 g/mol. The summed E-state index contributed by atoms with van der Waals surface area (Å²) in [6.45, 7) is 2.89. The van der Waals surface area contributed by atoms with Gasteiger partial charge in [-0.15, -0.1) is 10.2 Å². The Kier molecular flexibility index (Phi) is 7.30. The van der Waals surface area contributed by atoms with E-state index < -0.39 is 0 Å². The lowest BCUT2D eigenvalue weighted by atomic mass is 10.2. The largest absolute Gasteiger partial charge is 0.494 e. The molecule has 0 spiro atoms. The van der Waals surface area contributed by atoms with Crippen LogP contribution >= 0.6 is 23.4 Å². The molecule has 0 aliphatic carbocycles. The summed E-state index contributed by atoms with van der Waals surface area (Å²) >= 11 is 7.74. The third kappa shape index (κ3) is 5.84. The lowest BCUT2D eigenvalue weighted by Crippen LogP contribution is -1.96. The monoisotopic (exact) mass is 400 g/mol. The number of aromatic nitrogens is 3. The normalized spacial score (nSPS) is 11.2. The van der Waals surface area contributed by atoms with Crippen LogP contribution in [0, 0.1) is 0 Å². The molecule has 1 aromatic heterocycles. The Balaban J connectivity index is 1.59. The Morgan fingerprint density at radius 2 is 2.00 bits per heavy atom. The molecule has 27 heavy (non-hydrogen) atoms. The molecule has 0 saturated heterocycles. The third-order valence-electron chi connectivity index (χ3n) is 3.79. The molecule has 140 valence electrons. The van der Waals surface area contributed by atoms with Gasteiger partial charge in [-0.3, -0.25) is 0 Å². The van der Waals surface area contributed by atoms with E-state index >= 15 is 0 Å². The standard InChI is InChI=1S/C20H21ClN4OS/c1-2-3-12-26-18-10-8-16(9-11-18)13-23-25-15-22-24-20(25)27-14-17-6-4-5-7-19(17)21/h4-11,13,15H,2-3,12,14H2,1H3/b23-13+. The molecule has 0 amide bonds. The van der Waals surface area contributed by atoms with E-state index in [0.717, 1.165) is 41.3 Å². The quantitative estimate of drug-likeness (QED) is 0.278. The highest BCUT2D eigenvalue weighted by Crippen LogP contribution is 2.25. The van der Waals surface area contributed by atoms with E-state index in [0.29, 0.717) is 10.9 Å². The van der Waals surface area contributed by atoms with Crippen molar-refractivity contribution in [2.75, 3.05) is 6.61 Å². The average Bonchev–Trinajstić information content (AvgIpc) is 3.14. The van der Waals surface area contributed by atoms with Crippen molar-refractivity contribution >= 4 is 29.6 Å². The molecule has 0 saturated carbocycles. The van der Waals surface area contributed by atoms with Crippen molar-refractivity contribution in [2.45, 2.75) is 30.7 Å². The van der Waals surface area contributed by atoms with Crippen LogP contribution in [0.2, 0.25) is 5.02 Å². The van der Waals surface area contributed by atoms with Crippen molar-refractivity contribution in [1.82, 2.24) is 14.9 Å². The Labute approximate surface area is 168 Å². The van der Waals surface area contributed by atoms with Gasteiger partial charge in [0.1, 0.15) is 12.1 Å². The Morgan fingerprint density at radius 3 is 2.78 bits per heavy atom. The first-order valence-corrected chi connectivity index (χ1v) is 10.2. The van der Waals surface area contributed by atoms with E-state index in [1.807, 2.05) is 48.5 Å². The molecule has 0 aliphatic heterocycles. The molecule has 2 aromatic carbocycles. The highest BCUT2D eigenvalue weighted by molar-refractivity contribution is 7.98. The Morgan fingerprint density at radius 1 is 1.19 bits per heavy atom. The van der Waals surface area contributed by atoms with E-state index in [1.54, 1.807) is 29.0 Å². The highest BCUT2D eigenvalue weighted by Gasteiger charge is 2.06. The van der Waals surface area contributed by atoms with Gasteiger partial charge in [0, 0.05) is 10.8 Å². The van der Waals surface area contributed by atoms with Gasteiger partial charge in [0.25, 0.3) is 0 Å². The van der Waals surface area contributed by atoms with Gasteiger partial charge in [0.05, 0.1) is 12.8 Å². The van der Waals surface area contributed by atoms with Gasteiger partial charge in [-0.25, -0.2) is 0 Å². The summed E-state index contributed by atoms with van der Waals surface area (Å²) < 4.78 is 7.33. The minimum Gasteiger partial charge on any atom is -0.494 e. The number of hydrogen-bond donors (Lipinski definition) is 0. The summed E-state index contributed by atoms with van der Waals surface area (Å²) in [5.74, 6) is 1.58. The van der Waals surface area contributed by atoms with Gasteiger partial charge >= 0.3 is 0 Å². The van der Waals surface area contributed by atoms with Gasteiger partial charge in [-0.05, 0) is 47.9 Å². The van der Waals surface area contributed by atoms with Crippen LogP contribution in [0.3, 0.4) is 0 Å². The number of hydrogen-bond acceptors (Lipinski definition) is 5. The lowest BCUT2D eigenvalue weighted by molar-refractivity contribution is 0.309. The molecule has 0 unspecified atom stereocenters. The number of halogens is 1. The summed E-state index contributed by atoms with van der Waals surface area (Å²) in [5.41, 5.74) is 2.04. The molecule has 3 aromatic rings. The number of benzene rings is 2. The van der Waals surface area contributed by atoms with Gasteiger partial charge < -0.3 is 4.74 Å². The fourth-order valence-electron chi connectivity index (χ4n) is 2.26. The maximum atomic E-state index is 6.20. The van der Waals surface area contributed by atoms with E-state index in [-0.39, 0.29) is 0 Å². The fourth-order valence-corrected chi connectivity index (χ4v) is 3.41. The van der Waals surface area contributed by atoms with Crippen LogP contribution in [0.15, 0.2) is 65.1 Å². The van der Waals surface area contributed by atoms with Gasteiger partial charge in [-0.2, -0.15) is 9.78 Å². The second-order valence-corrected chi connectivity index (χ2v) is 7.20. The van der Waals surface area contributed by atoms with Crippen LogP contribution in [0.4, 0.5) is 0 Å². The zero-order valence-corrected chi connectivity index (χ0v) is 16.7. The van der Waals surface area contributed by atoms with Crippen molar-refractivity contribution in [1.29, 1.82) is 0 Å². The number of rotatable bonds is 9. The highest BCUT2D eigenvalue weighted by atomic mass is 35.5. The molecule has 0 N–H and O–H groups in total. The van der Waals surface area contributed by atoms with Gasteiger partial charge in [0.15, 0.2) is 0 Å². The maximum Gasteiger partial charge on any atom is 0.212 e. The van der Waals surface area contributed by atoms with Crippen molar-refractivity contribution in [2.24, 2.45) is 5.10 Å². The summed E-state index contributed by atoms with van der Waals surface area (Å²) in [6.07, 6.45) is 5.55. The zero-order chi connectivity index (χ0) is 18.9. The second-order valence-electron chi connectivity index (χ2n) is 5.85. The minimum absolute atomic E-state index is 0.706. The third-order valence-corrected chi connectivity index (χ3v) is 5.14. The summed E-state index contributed by atoms with van der Waals surface area (Å²) in [7, 11) is 0. The van der Waals surface area contributed by atoms with E-state index in [2.05, 4.69) is 22.2 Å². The average molecular weight is 401 g/mol. The predicted octanol–water partition coefficient (Wildman–Crippen LogP) is 5.28. The van der Waals surface area contributed by atoms with Crippen molar-refractivity contribution in [3.05, 3.63) is 71.0 Å². The molecule has 0 aliphatic rings. The number of nitrogens with zero attached hydrogens (tertiary/aromatic N) is 4. The SMILES string of the molecule is CCCCOc1ccc(/C=N/n2cnnc2SCc2ccccc2Cl)cc1. The van der Waals surface area contributed by atoms with Crippen LogP contribution in [-0.4, -0.2) is 27.7 Å². The molecule has 5 nitrogen and oxygen atoms in total. The first-order chi connectivity index (χ1) is 13.3. The van der Waals surface area contributed by atoms with Crippen molar-refractivity contribution in [3.63, 3.8) is 0 Å². The first kappa shape index (κ1) is 19.5. The van der Waals surface area contributed by atoms with Crippen LogP contribution < -0.4 is 4.74 Å². The van der Waals surface area contributed by atoms with Gasteiger partial charge in [0.2, 0.25) is 5.16 Å². The van der Waals surface area contributed by atoms with E-state index in [4.69, 9.17) is 16.3 Å². The van der Waals surface area contributed by atoms with Crippen LogP contribution in [-0.2, 0) is 5.75 Å². The van der Waals surface area contributed by atoms with Gasteiger partial charge in [-0.1, -0.05) is 54.9 Å². The van der Waals surface area contributed by atoms with E-state index in [9.17, 15) is 0 Å². The Hall–Kier alpha value is -2.31. The first-order valence-electron chi connectivity index (χ1n) is 8.79. The smallest absolute Gasteiger partial charge is 0.212 e. The molecule has 0 atom stereocenters. The van der Waals surface area contributed by atoms with E-state index in [1.165, 1.54) is 0 Å². The predicted molar refractivity (Wildman–Crippen MR) is 111 cm³/mol. The van der Waals surface area contributed by atoms with Crippen LogP contribution in [0.5, 0.6) is 5.75 Å². The zero-order valence-electron chi connectivity index (χ0n) is 15.1. The summed E-state index contributed by atoms with van der Waals surface area (Å²) in [4.78, 5) is 0. The fraction of sp³-hybridized carbons (Fsp3) is 0.250. The molecular formula is C20H21ClN4OS. The number of unbranched alkanes of at least 4 members (excludes halogenated alkanes) is 1. The van der Waals surface area contributed by atoms with Crippen LogP contribution in [0.25, 0.3) is 0 Å². The Bertz CT molecular complexity index is 880. The molecule has 0 bridgehead atoms. The number of thioether (sulfide) groups is 1. The van der Waals surface area contributed by atoms with Crippen LogP contribution in [0.1, 0.15) is 30.9 Å². The molecule has 0 fully saturated rings. The summed E-state index contributed by atoms with van der Waals surface area (Å²) in [5, 5.41) is 14.0. The topological polar surface area (TPSA) is 52.3 Å². The molecule has 1 heterocycles. The number of ether oxygens (including phenoxy) is 1.